The monoisotopic (exact) mass is 342 g/mol. The summed E-state index contributed by atoms with van der Waals surface area (Å²) in [5.74, 6) is -0.585. The largest absolute Gasteiger partial charge is 0.319 e. The zero-order chi connectivity index (χ0) is 17.5. The normalized spacial score (nSPS) is 12.8. The van der Waals surface area contributed by atoms with E-state index in [1.54, 1.807) is 22.8 Å². The third-order valence-electron chi connectivity index (χ3n) is 3.97. The first-order valence-electron chi connectivity index (χ1n) is 7.70. The predicted octanol–water partition coefficient (Wildman–Crippen LogP) is 4.42. The van der Waals surface area contributed by atoms with Crippen LogP contribution in [0.1, 0.15) is 36.7 Å². The number of carbonyl (C=O) groups excluding carboxylic acids is 1. The third kappa shape index (κ3) is 3.17. The average Bonchev–Trinajstić information content (AvgIpc) is 2.82. The summed E-state index contributed by atoms with van der Waals surface area (Å²) < 4.78 is 15.9. The summed E-state index contributed by atoms with van der Waals surface area (Å²) in [5.41, 5.74) is 2.62. The highest BCUT2D eigenvalue weighted by Gasteiger charge is 2.14. The van der Waals surface area contributed by atoms with E-state index in [0.717, 1.165) is 10.2 Å². The quantitative estimate of drug-likeness (QED) is 0.645. The molecule has 2 aromatic carbocycles. The third-order valence-corrected chi connectivity index (χ3v) is 5.06. The second-order valence-electron chi connectivity index (χ2n) is 6.80. The zero-order valence-corrected chi connectivity index (χ0v) is 14.9. The van der Waals surface area contributed by atoms with Gasteiger partial charge in [0.15, 0.2) is 4.80 Å². The first-order valence-corrected chi connectivity index (χ1v) is 8.52. The molecule has 3 rings (SSSR count). The van der Waals surface area contributed by atoms with Gasteiger partial charge >= 0.3 is 0 Å². The number of rotatable bonds is 1. The van der Waals surface area contributed by atoms with Crippen molar-refractivity contribution in [3.63, 3.8) is 0 Å². The first kappa shape index (κ1) is 16.6. The second kappa shape index (κ2) is 5.98. The van der Waals surface area contributed by atoms with Gasteiger partial charge in [-0.05, 0) is 41.3 Å². The van der Waals surface area contributed by atoms with Gasteiger partial charge in [-0.2, -0.15) is 4.99 Å². The fourth-order valence-corrected chi connectivity index (χ4v) is 3.52. The average molecular weight is 342 g/mol. The first-order chi connectivity index (χ1) is 11.3. The molecule has 0 unspecified atom stereocenters. The molecular weight excluding hydrogens is 323 g/mol. The van der Waals surface area contributed by atoms with Gasteiger partial charge in [0.25, 0.3) is 5.91 Å². The molecule has 124 valence electrons. The molecule has 0 radical (unpaired) electrons. The Morgan fingerprint density at radius 1 is 1.12 bits per heavy atom. The van der Waals surface area contributed by atoms with E-state index < -0.39 is 0 Å². The van der Waals surface area contributed by atoms with Crippen LogP contribution in [0.25, 0.3) is 10.2 Å². The highest BCUT2D eigenvalue weighted by Crippen LogP contribution is 2.22. The molecule has 0 saturated carbocycles. The van der Waals surface area contributed by atoms with Gasteiger partial charge in [0.05, 0.1) is 10.2 Å². The van der Waals surface area contributed by atoms with Gasteiger partial charge in [0, 0.05) is 12.6 Å². The van der Waals surface area contributed by atoms with Crippen molar-refractivity contribution in [1.82, 2.24) is 4.57 Å². The Bertz CT molecular complexity index is 975. The molecule has 0 bridgehead atoms. The lowest BCUT2D eigenvalue weighted by atomic mass is 9.87. The Morgan fingerprint density at radius 3 is 2.42 bits per heavy atom. The maximum atomic E-state index is 13.3. The van der Waals surface area contributed by atoms with Crippen LogP contribution >= 0.6 is 11.3 Å². The smallest absolute Gasteiger partial charge is 0.279 e. The van der Waals surface area contributed by atoms with E-state index in [-0.39, 0.29) is 17.1 Å². The number of hydrogen-bond acceptors (Lipinski definition) is 2. The van der Waals surface area contributed by atoms with Gasteiger partial charge in [0.1, 0.15) is 5.82 Å². The number of carbonyl (C=O) groups is 1. The maximum absolute atomic E-state index is 13.3. The number of nitrogens with zero attached hydrogens (tertiary/aromatic N) is 2. The molecule has 0 atom stereocenters. The molecule has 1 aromatic heterocycles. The number of aromatic nitrogens is 1. The van der Waals surface area contributed by atoms with Crippen molar-refractivity contribution in [2.75, 3.05) is 0 Å². The number of thiazole rings is 1. The standard InChI is InChI=1S/C19H19FN2OS/c1-19(2,3)13-7-5-12(6-8-13)17(23)21-18-22(4)15-10-9-14(20)11-16(15)24-18/h5-11H,1-4H3. The zero-order valence-electron chi connectivity index (χ0n) is 14.1. The number of halogens is 1. The van der Waals surface area contributed by atoms with E-state index in [2.05, 4.69) is 25.8 Å². The predicted molar refractivity (Wildman–Crippen MR) is 95.8 cm³/mol. The van der Waals surface area contributed by atoms with E-state index in [9.17, 15) is 9.18 Å². The lowest BCUT2D eigenvalue weighted by Gasteiger charge is -2.18. The van der Waals surface area contributed by atoms with Crippen LogP contribution in [0.3, 0.4) is 0 Å². The topological polar surface area (TPSA) is 34.4 Å². The second-order valence-corrected chi connectivity index (χ2v) is 7.81. The minimum absolute atomic E-state index is 0.0424. The summed E-state index contributed by atoms with van der Waals surface area (Å²) in [7, 11) is 1.82. The molecule has 1 heterocycles. The van der Waals surface area contributed by atoms with Crippen LogP contribution in [0, 0.1) is 5.82 Å². The van der Waals surface area contributed by atoms with Crippen LogP contribution < -0.4 is 4.80 Å². The number of benzene rings is 2. The number of amides is 1. The van der Waals surface area contributed by atoms with E-state index >= 15 is 0 Å². The lowest BCUT2D eigenvalue weighted by molar-refractivity contribution is 0.0998. The van der Waals surface area contributed by atoms with E-state index in [1.165, 1.54) is 29.0 Å². The summed E-state index contributed by atoms with van der Waals surface area (Å²) in [6.45, 7) is 6.39. The lowest BCUT2D eigenvalue weighted by Crippen LogP contribution is -2.14. The summed E-state index contributed by atoms with van der Waals surface area (Å²) in [5, 5.41) is 0. The molecule has 3 aromatic rings. The molecule has 0 N–H and O–H groups in total. The minimum Gasteiger partial charge on any atom is -0.319 e. The molecule has 24 heavy (non-hydrogen) atoms. The van der Waals surface area contributed by atoms with Crippen LogP contribution in [0.15, 0.2) is 47.5 Å². The molecule has 0 spiro atoms. The molecule has 0 aliphatic rings. The highest BCUT2D eigenvalue weighted by molar-refractivity contribution is 7.16. The van der Waals surface area contributed by atoms with Crippen molar-refractivity contribution in [3.8, 4) is 0 Å². The molecular formula is C19H19FN2OS. The Morgan fingerprint density at radius 2 is 1.79 bits per heavy atom. The van der Waals surface area contributed by atoms with Crippen LogP contribution in [0.5, 0.6) is 0 Å². The Hall–Kier alpha value is -2.27. The minimum atomic E-state index is -0.293. The van der Waals surface area contributed by atoms with Gasteiger partial charge in [-0.25, -0.2) is 4.39 Å². The van der Waals surface area contributed by atoms with Crippen molar-refractivity contribution in [2.24, 2.45) is 12.0 Å². The fraction of sp³-hybridized carbons (Fsp3) is 0.263. The van der Waals surface area contributed by atoms with Crippen molar-refractivity contribution in [2.45, 2.75) is 26.2 Å². The van der Waals surface area contributed by atoms with Crippen molar-refractivity contribution in [3.05, 3.63) is 64.2 Å². The SMILES string of the molecule is Cn1c(=NC(=O)c2ccc(C(C)(C)C)cc2)sc2cc(F)ccc21. The number of fused-ring (bicyclic) bond motifs is 1. The molecule has 1 amide bonds. The fourth-order valence-electron chi connectivity index (χ4n) is 2.48. The van der Waals surface area contributed by atoms with Gasteiger partial charge < -0.3 is 4.57 Å². The highest BCUT2D eigenvalue weighted by atomic mass is 32.1. The van der Waals surface area contributed by atoms with Crippen molar-refractivity contribution >= 4 is 27.5 Å². The molecule has 0 fully saturated rings. The Labute approximate surface area is 144 Å². The van der Waals surface area contributed by atoms with Crippen LogP contribution in [-0.2, 0) is 12.5 Å². The molecule has 0 aliphatic heterocycles. The Kier molecular flexibility index (Phi) is 4.13. The molecule has 5 heteroatoms. The van der Waals surface area contributed by atoms with Gasteiger partial charge in [-0.1, -0.05) is 44.2 Å². The number of aryl methyl sites for hydroxylation is 1. The molecule has 0 saturated heterocycles. The van der Waals surface area contributed by atoms with E-state index in [1.807, 2.05) is 19.2 Å². The van der Waals surface area contributed by atoms with Gasteiger partial charge in [-0.3, -0.25) is 4.79 Å². The Balaban J connectivity index is 1.99. The molecule has 3 nitrogen and oxygen atoms in total. The van der Waals surface area contributed by atoms with E-state index in [0.29, 0.717) is 10.4 Å². The van der Waals surface area contributed by atoms with Crippen molar-refractivity contribution in [1.29, 1.82) is 0 Å². The van der Waals surface area contributed by atoms with Crippen LogP contribution in [0.4, 0.5) is 4.39 Å². The summed E-state index contributed by atoms with van der Waals surface area (Å²) in [6.07, 6.45) is 0. The maximum Gasteiger partial charge on any atom is 0.279 e. The summed E-state index contributed by atoms with van der Waals surface area (Å²) >= 11 is 1.30. The molecule has 0 aliphatic carbocycles. The van der Waals surface area contributed by atoms with E-state index in [4.69, 9.17) is 0 Å². The van der Waals surface area contributed by atoms with Gasteiger partial charge in [-0.15, -0.1) is 0 Å². The number of hydrogen-bond donors (Lipinski definition) is 0. The van der Waals surface area contributed by atoms with Crippen LogP contribution in [0.2, 0.25) is 0 Å². The van der Waals surface area contributed by atoms with Crippen LogP contribution in [-0.4, -0.2) is 10.5 Å². The summed E-state index contributed by atoms with van der Waals surface area (Å²) in [6, 6.07) is 12.1. The summed E-state index contributed by atoms with van der Waals surface area (Å²) in [4.78, 5) is 17.2. The van der Waals surface area contributed by atoms with Crippen molar-refractivity contribution < 1.29 is 9.18 Å². The van der Waals surface area contributed by atoms with Gasteiger partial charge in [0.2, 0.25) is 0 Å².